The maximum Gasteiger partial charge on any atom is 0.329 e. The number of rotatable bonds is 2. The summed E-state index contributed by atoms with van der Waals surface area (Å²) in [6.45, 7) is 0.286. The standard InChI is InChI=1S/C10H11FN4O2/c11-7-3-6(4-12)9(13-5-7)15-2-1-8(16)14-10(15)17/h3,5H,1-2,4,12H2,(H,14,16,17). The molecule has 90 valence electrons. The molecule has 1 aromatic heterocycles. The minimum Gasteiger partial charge on any atom is -0.326 e. The molecule has 3 N–H and O–H groups in total. The topological polar surface area (TPSA) is 88.3 Å². The fourth-order valence-electron chi connectivity index (χ4n) is 1.63. The molecule has 1 aliphatic heterocycles. The van der Waals surface area contributed by atoms with Crippen molar-refractivity contribution in [3.05, 3.63) is 23.6 Å². The second-order valence-corrected chi connectivity index (χ2v) is 3.60. The molecule has 0 bridgehead atoms. The molecular formula is C10H11FN4O2. The Balaban J connectivity index is 2.33. The number of imide groups is 1. The molecule has 3 amide bonds. The van der Waals surface area contributed by atoms with E-state index in [-0.39, 0.29) is 25.4 Å². The third kappa shape index (κ3) is 2.23. The van der Waals surface area contributed by atoms with Crippen LogP contribution in [0.4, 0.5) is 15.0 Å². The van der Waals surface area contributed by atoms with Crippen LogP contribution in [0.15, 0.2) is 12.3 Å². The zero-order valence-electron chi connectivity index (χ0n) is 8.94. The number of pyridine rings is 1. The first-order valence-electron chi connectivity index (χ1n) is 5.07. The van der Waals surface area contributed by atoms with Crippen molar-refractivity contribution < 1.29 is 14.0 Å². The summed E-state index contributed by atoms with van der Waals surface area (Å²) in [5.74, 6) is -0.552. The normalized spacial score (nSPS) is 16.0. The van der Waals surface area contributed by atoms with Crippen LogP contribution in [0.3, 0.4) is 0 Å². The number of carbonyl (C=O) groups excluding carboxylic acids is 2. The highest BCUT2D eigenvalue weighted by Crippen LogP contribution is 2.20. The molecule has 0 saturated carbocycles. The van der Waals surface area contributed by atoms with E-state index in [0.717, 1.165) is 6.20 Å². The molecule has 0 aliphatic carbocycles. The summed E-state index contributed by atoms with van der Waals surface area (Å²) in [7, 11) is 0. The van der Waals surface area contributed by atoms with Crippen LogP contribution < -0.4 is 16.0 Å². The Morgan fingerprint density at radius 3 is 2.94 bits per heavy atom. The molecule has 1 aromatic rings. The van der Waals surface area contributed by atoms with E-state index in [1.807, 2.05) is 0 Å². The number of aromatic nitrogens is 1. The van der Waals surface area contributed by atoms with Crippen molar-refractivity contribution in [2.75, 3.05) is 11.4 Å². The number of nitrogens with zero attached hydrogens (tertiary/aromatic N) is 2. The van der Waals surface area contributed by atoms with Gasteiger partial charge in [-0.15, -0.1) is 0 Å². The molecular weight excluding hydrogens is 227 g/mol. The van der Waals surface area contributed by atoms with Crippen LogP contribution in [0.25, 0.3) is 0 Å². The molecule has 17 heavy (non-hydrogen) atoms. The van der Waals surface area contributed by atoms with Crippen LogP contribution in [0.2, 0.25) is 0 Å². The van der Waals surface area contributed by atoms with E-state index in [1.54, 1.807) is 0 Å². The zero-order chi connectivity index (χ0) is 12.4. The Hall–Kier alpha value is -2.02. The number of nitrogens with one attached hydrogen (secondary N) is 1. The number of halogens is 1. The third-order valence-corrected chi connectivity index (χ3v) is 2.44. The molecule has 0 radical (unpaired) electrons. The van der Waals surface area contributed by atoms with Crippen molar-refractivity contribution in [1.29, 1.82) is 0 Å². The highest BCUT2D eigenvalue weighted by molar-refractivity contribution is 6.05. The fraction of sp³-hybridized carbons (Fsp3) is 0.300. The zero-order valence-corrected chi connectivity index (χ0v) is 8.94. The highest BCUT2D eigenvalue weighted by atomic mass is 19.1. The Bertz CT molecular complexity index is 477. The average molecular weight is 238 g/mol. The quantitative estimate of drug-likeness (QED) is 0.766. The lowest BCUT2D eigenvalue weighted by Crippen LogP contribution is -2.50. The monoisotopic (exact) mass is 238 g/mol. The van der Waals surface area contributed by atoms with Gasteiger partial charge in [0.15, 0.2) is 0 Å². The predicted molar refractivity (Wildman–Crippen MR) is 57.6 cm³/mol. The van der Waals surface area contributed by atoms with Gasteiger partial charge in [-0.3, -0.25) is 15.0 Å². The van der Waals surface area contributed by atoms with Gasteiger partial charge in [0, 0.05) is 25.1 Å². The number of urea groups is 1. The molecule has 2 rings (SSSR count). The van der Waals surface area contributed by atoms with Crippen LogP contribution in [0, 0.1) is 5.82 Å². The predicted octanol–water partition coefficient (Wildman–Crippen LogP) is 0.126. The van der Waals surface area contributed by atoms with Gasteiger partial charge in [-0.2, -0.15) is 0 Å². The first-order chi connectivity index (χ1) is 8.11. The molecule has 0 atom stereocenters. The second kappa shape index (κ2) is 4.46. The van der Waals surface area contributed by atoms with Crippen molar-refractivity contribution in [3.63, 3.8) is 0 Å². The molecule has 1 aliphatic rings. The van der Waals surface area contributed by atoms with Gasteiger partial charge in [0.25, 0.3) is 0 Å². The third-order valence-electron chi connectivity index (χ3n) is 2.44. The van der Waals surface area contributed by atoms with Gasteiger partial charge in [0.05, 0.1) is 6.20 Å². The number of hydrogen-bond donors (Lipinski definition) is 2. The minimum absolute atomic E-state index is 0.0673. The van der Waals surface area contributed by atoms with Gasteiger partial charge in [0.1, 0.15) is 11.6 Å². The van der Waals surface area contributed by atoms with Gasteiger partial charge in [-0.05, 0) is 6.07 Å². The van der Waals surface area contributed by atoms with Gasteiger partial charge in [-0.25, -0.2) is 14.2 Å². The first kappa shape index (κ1) is 11.5. The summed E-state index contributed by atoms with van der Waals surface area (Å²) >= 11 is 0. The van der Waals surface area contributed by atoms with E-state index in [1.165, 1.54) is 11.0 Å². The molecule has 7 heteroatoms. The number of nitrogens with two attached hydrogens (primary N) is 1. The van der Waals surface area contributed by atoms with Crippen LogP contribution in [0.1, 0.15) is 12.0 Å². The number of amides is 3. The smallest absolute Gasteiger partial charge is 0.326 e. The number of hydrogen-bond acceptors (Lipinski definition) is 4. The van der Waals surface area contributed by atoms with Crippen LogP contribution >= 0.6 is 0 Å². The van der Waals surface area contributed by atoms with Crippen molar-refractivity contribution in [2.45, 2.75) is 13.0 Å². The maximum absolute atomic E-state index is 13.0. The average Bonchev–Trinajstić information content (AvgIpc) is 2.30. The summed E-state index contributed by atoms with van der Waals surface area (Å²) in [4.78, 5) is 27.7. The van der Waals surface area contributed by atoms with Crippen molar-refractivity contribution in [3.8, 4) is 0 Å². The summed E-state index contributed by atoms with van der Waals surface area (Å²) in [5, 5.41) is 2.17. The van der Waals surface area contributed by atoms with Gasteiger partial charge in [0.2, 0.25) is 5.91 Å². The summed E-state index contributed by atoms with van der Waals surface area (Å²) < 4.78 is 13.0. The molecule has 0 aromatic carbocycles. The number of anilines is 1. The van der Waals surface area contributed by atoms with E-state index < -0.39 is 11.8 Å². The lowest BCUT2D eigenvalue weighted by Gasteiger charge is -2.26. The van der Waals surface area contributed by atoms with Crippen LogP contribution in [0.5, 0.6) is 0 Å². The van der Waals surface area contributed by atoms with E-state index >= 15 is 0 Å². The summed E-state index contributed by atoms with van der Waals surface area (Å²) in [6.07, 6.45) is 1.20. The van der Waals surface area contributed by atoms with E-state index in [2.05, 4.69) is 10.3 Å². The highest BCUT2D eigenvalue weighted by Gasteiger charge is 2.26. The molecule has 0 spiro atoms. The van der Waals surface area contributed by atoms with Crippen molar-refractivity contribution >= 4 is 17.8 Å². The number of carbonyl (C=O) groups is 2. The first-order valence-corrected chi connectivity index (χ1v) is 5.07. The SMILES string of the molecule is NCc1cc(F)cnc1N1CCC(=O)NC1=O. The second-order valence-electron chi connectivity index (χ2n) is 3.60. The van der Waals surface area contributed by atoms with E-state index in [0.29, 0.717) is 11.4 Å². The molecule has 2 heterocycles. The van der Waals surface area contributed by atoms with Crippen LogP contribution in [-0.4, -0.2) is 23.5 Å². The minimum atomic E-state index is -0.560. The largest absolute Gasteiger partial charge is 0.329 e. The molecule has 1 saturated heterocycles. The van der Waals surface area contributed by atoms with Gasteiger partial charge < -0.3 is 5.73 Å². The van der Waals surface area contributed by atoms with E-state index in [9.17, 15) is 14.0 Å². The van der Waals surface area contributed by atoms with E-state index in [4.69, 9.17) is 5.73 Å². The Labute approximate surface area is 96.6 Å². The molecule has 6 nitrogen and oxygen atoms in total. The Morgan fingerprint density at radius 1 is 1.53 bits per heavy atom. The molecule has 1 fully saturated rings. The fourth-order valence-corrected chi connectivity index (χ4v) is 1.63. The Kier molecular flexibility index (Phi) is 3.01. The van der Waals surface area contributed by atoms with Crippen molar-refractivity contribution in [2.24, 2.45) is 5.73 Å². The maximum atomic E-state index is 13.0. The van der Waals surface area contributed by atoms with Crippen LogP contribution in [-0.2, 0) is 11.3 Å². The van der Waals surface area contributed by atoms with Crippen molar-refractivity contribution in [1.82, 2.24) is 10.3 Å². The molecule has 0 unspecified atom stereocenters. The lowest BCUT2D eigenvalue weighted by molar-refractivity contribution is -0.120. The lowest BCUT2D eigenvalue weighted by atomic mass is 10.2. The van der Waals surface area contributed by atoms with Gasteiger partial charge in [-0.1, -0.05) is 0 Å². The Morgan fingerprint density at radius 2 is 2.29 bits per heavy atom. The summed E-state index contributed by atoms with van der Waals surface area (Å²) in [5.41, 5.74) is 5.89. The summed E-state index contributed by atoms with van der Waals surface area (Å²) in [6, 6.07) is 0.668. The van der Waals surface area contributed by atoms with Gasteiger partial charge >= 0.3 is 6.03 Å².